The highest BCUT2D eigenvalue weighted by Crippen LogP contribution is 2.33. The summed E-state index contributed by atoms with van der Waals surface area (Å²) >= 11 is 3.09. The number of carbonyl (C=O) groups is 1. The van der Waals surface area contributed by atoms with Crippen LogP contribution in [0.5, 0.6) is 0 Å². The molecule has 2 aromatic heterocycles. The Morgan fingerprint density at radius 3 is 2.71 bits per heavy atom. The Morgan fingerprint density at radius 1 is 1.14 bits per heavy atom. The Labute approximate surface area is 172 Å². The van der Waals surface area contributed by atoms with Crippen LogP contribution in [0.25, 0.3) is 10.2 Å². The second-order valence-electron chi connectivity index (χ2n) is 6.59. The van der Waals surface area contributed by atoms with Gasteiger partial charge in [-0.1, -0.05) is 35.6 Å². The summed E-state index contributed by atoms with van der Waals surface area (Å²) in [6, 6.07) is 17.9. The van der Waals surface area contributed by atoms with Gasteiger partial charge < -0.3 is 4.42 Å². The molecule has 4 nitrogen and oxygen atoms in total. The van der Waals surface area contributed by atoms with Gasteiger partial charge in [-0.2, -0.15) is 0 Å². The summed E-state index contributed by atoms with van der Waals surface area (Å²) in [6.45, 7) is 4.52. The summed E-state index contributed by atoms with van der Waals surface area (Å²) in [4.78, 5) is 20.7. The van der Waals surface area contributed by atoms with Gasteiger partial charge in [0.25, 0.3) is 0 Å². The van der Waals surface area contributed by atoms with Gasteiger partial charge in [-0.25, -0.2) is 4.98 Å². The summed E-state index contributed by atoms with van der Waals surface area (Å²) in [5, 5.41) is 0.707. The van der Waals surface area contributed by atoms with Crippen molar-refractivity contribution in [3.05, 3.63) is 77.7 Å². The number of thiazole rings is 1. The first kappa shape index (κ1) is 18.8. The third kappa shape index (κ3) is 4.13. The highest BCUT2D eigenvalue weighted by atomic mass is 32.2. The lowest BCUT2D eigenvalue weighted by Crippen LogP contribution is -2.31. The SMILES string of the molecule is Cc1cc(C)c2sc(N(Cc3ccco3)C(=O)CSc3ccccc3)nc2c1. The number of aromatic nitrogens is 1. The predicted octanol–water partition coefficient (Wildman–Crippen LogP) is 5.83. The van der Waals surface area contributed by atoms with Crippen LogP contribution in [0, 0.1) is 13.8 Å². The van der Waals surface area contributed by atoms with Gasteiger partial charge in [0.15, 0.2) is 5.13 Å². The zero-order valence-electron chi connectivity index (χ0n) is 15.7. The molecule has 4 aromatic rings. The maximum Gasteiger partial charge on any atom is 0.239 e. The molecule has 0 saturated heterocycles. The number of rotatable bonds is 6. The molecule has 28 heavy (non-hydrogen) atoms. The van der Waals surface area contributed by atoms with E-state index in [0.717, 1.165) is 20.9 Å². The Balaban J connectivity index is 1.63. The number of furan rings is 1. The minimum absolute atomic E-state index is 0.0127. The number of aryl methyl sites for hydroxylation is 2. The van der Waals surface area contributed by atoms with Gasteiger partial charge in [0.05, 0.1) is 28.8 Å². The van der Waals surface area contributed by atoms with Crippen molar-refractivity contribution in [2.75, 3.05) is 10.7 Å². The molecular formula is C22H20N2O2S2. The Bertz CT molecular complexity index is 1090. The number of hydrogen-bond donors (Lipinski definition) is 0. The van der Waals surface area contributed by atoms with E-state index in [9.17, 15) is 4.79 Å². The molecule has 2 heterocycles. The lowest BCUT2D eigenvalue weighted by molar-refractivity contribution is -0.116. The molecule has 142 valence electrons. The molecule has 0 radical (unpaired) electrons. The van der Waals surface area contributed by atoms with Gasteiger partial charge in [-0.3, -0.25) is 9.69 Å². The highest BCUT2D eigenvalue weighted by molar-refractivity contribution is 8.00. The number of anilines is 1. The molecule has 6 heteroatoms. The predicted molar refractivity (Wildman–Crippen MR) is 116 cm³/mol. The van der Waals surface area contributed by atoms with E-state index in [1.165, 1.54) is 22.9 Å². The Morgan fingerprint density at radius 2 is 1.96 bits per heavy atom. The third-order valence-corrected chi connectivity index (χ3v) is 6.57. The summed E-state index contributed by atoms with van der Waals surface area (Å²) in [5.74, 6) is 1.10. The van der Waals surface area contributed by atoms with Crippen LogP contribution in [0.4, 0.5) is 5.13 Å². The first-order valence-corrected chi connectivity index (χ1v) is 10.8. The van der Waals surface area contributed by atoms with Crippen molar-refractivity contribution in [3.8, 4) is 0 Å². The molecule has 0 atom stereocenters. The normalized spacial score (nSPS) is 11.1. The number of carbonyl (C=O) groups excluding carboxylic acids is 1. The molecular weight excluding hydrogens is 388 g/mol. The molecule has 0 N–H and O–H groups in total. The van der Waals surface area contributed by atoms with Crippen molar-refractivity contribution in [2.45, 2.75) is 25.3 Å². The minimum Gasteiger partial charge on any atom is -0.467 e. The molecule has 0 spiro atoms. The fraction of sp³-hybridized carbons (Fsp3) is 0.182. The summed E-state index contributed by atoms with van der Waals surface area (Å²) in [5.41, 5.74) is 3.29. The summed E-state index contributed by atoms with van der Waals surface area (Å²) in [6.07, 6.45) is 1.63. The molecule has 0 bridgehead atoms. The van der Waals surface area contributed by atoms with Gasteiger partial charge in [0, 0.05) is 4.90 Å². The number of nitrogens with zero attached hydrogens (tertiary/aromatic N) is 2. The first-order valence-electron chi connectivity index (χ1n) is 8.98. The van der Waals surface area contributed by atoms with Gasteiger partial charge in [0.1, 0.15) is 5.76 Å². The van der Waals surface area contributed by atoms with Crippen LogP contribution < -0.4 is 4.90 Å². The monoisotopic (exact) mass is 408 g/mol. The zero-order chi connectivity index (χ0) is 19.5. The third-order valence-electron chi connectivity index (χ3n) is 4.34. The summed E-state index contributed by atoms with van der Waals surface area (Å²) < 4.78 is 6.61. The van der Waals surface area contributed by atoms with Crippen molar-refractivity contribution in [2.24, 2.45) is 0 Å². The number of fused-ring (bicyclic) bond motifs is 1. The molecule has 0 aliphatic carbocycles. The van der Waals surface area contributed by atoms with E-state index in [4.69, 9.17) is 9.40 Å². The number of amides is 1. The highest BCUT2D eigenvalue weighted by Gasteiger charge is 2.22. The van der Waals surface area contributed by atoms with E-state index >= 15 is 0 Å². The summed E-state index contributed by atoms with van der Waals surface area (Å²) in [7, 11) is 0. The molecule has 0 aliphatic heterocycles. The van der Waals surface area contributed by atoms with E-state index in [1.54, 1.807) is 22.5 Å². The van der Waals surface area contributed by atoms with Gasteiger partial charge >= 0.3 is 0 Å². The van der Waals surface area contributed by atoms with Crippen molar-refractivity contribution in [1.29, 1.82) is 0 Å². The van der Waals surface area contributed by atoms with Crippen LogP contribution in [-0.2, 0) is 11.3 Å². The first-order chi connectivity index (χ1) is 13.6. The van der Waals surface area contributed by atoms with E-state index in [1.807, 2.05) is 42.5 Å². The topological polar surface area (TPSA) is 46.3 Å². The molecule has 0 fully saturated rings. The van der Waals surface area contributed by atoms with Crippen LogP contribution in [0.2, 0.25) is 0 Å². The standard InChI is InChI=1S/C22H20N2O2S2/c1-15-11-16(2)21-19(12-15)23-22(28-21)24(13-17-7-6-10-26-17)20(25)14-27-18-8-4-3-5-9-18/h3-12H,13-14H2,1-2H3. The molecule has 0 unspecified atom stereocenters. The molecule has 2 aromatic carbocycles. The average Bonchev–Trinajstić information content (AvgIpc) is 3.34. The van der Waals surface area contributed by atoms with E-state index in [0.29, 0.717) is 17.4 Å². The lowest BCUT2D eigenvalue weighted by Gasteiger charge is -2.18. The van der Waals surface area contributed by atoms with Crippen LogP contribution in [-0.4, -0.2) is 16.6 Å². The second kappa shape index (κ2) is 8.20. The molecule has 0 saturated carbocycles. The van der Waals surface area contributed by atoms with Gasteiger partial charge in [-0.15, -0.1) is 11.8 Å². The van der Waals surface area contributed by atoms with E-state index in [2.05, 4.69) is 26.0 Å². The van der Waals surface area contributed by atoms with Crippen molar-refractivity contribution >= 4 is 44.4 Å². The largest absolute Gasteiger partial charge is 0.467 e. The molecule has 4 rings (SSSR count). The van der Waals surface area contributed by atoms with Crippen LogP contribution in [0.1, 0.15) is 16.9 Å². The zero-order valence-corrected chi connectivity index (χ0v) is 17.3. The lowest BCUT2D eigenvalue weighted by atomic mass is 10.1. The fourth-order valence-electron chi connectivity index (χ4n) is 3.04. The average molecular weight is 409 g/mol. The van der Waals surface area contributed by atoms with Gasteiger partial charge in [-0.05, 0) is 55.3 Å². The van der Waals surface area contributed by atoms with E-state index in [-0.39, 0.29) is 5.91 Å². The molecule has 0 aliphatic rings. The quantitative estimate of drug-likeness (QED) is 0.377. The number of hydrogen-bond acceptors (Lipinski definition) is 5. The second-order valence-corrected chi connectivity index (χ2v) is 8.61. The number of thioether (sulfide) groups is 1. The van der Waals surface area contributed by atoms with Crippen LogP contribution >= 0.6 is 23.1 Å². The van der Waals surface area contributed by atoms with Gasteiger partial charge in [0.2, 0.25) is 5.91 Å². The van der Waals surface area contributed by atoms with Crippen molar-refractivity contribution in [1.82, 2.24) is 4.98 Å². The maximum atomic E-state index is 13.1. The van der Waals surface area contributed by atoms with Crippen molar-refractivity contribution in [3.63, 3.8) is 0 Å². The molecule has 1 amide bonds. The smallest absolute Gasteiger partial charge is 0.239 e. The minimum atomic E-state index is 0.0127. The van der Waals surface area contributed by atoms with Crippen LogP contribution in [0.3, 0.4) is 0 Å². The van der Waals surface area contributed by atoms with E-state index < -0.39 is 0 Å². The fourth-order valence-corrected chi connectivity index (χ4v) is 4.87. The Hall–Kier alpha value is -2.57. The van der Waals surface area contributed by atoms with Crippen molar-refractivity contribution < 1.29 is 9.21 Å². The Kier molecular flexibility index (Phi) is 5.50. The van der Waals surface area contributed by atoms with Crippen LogP contribution in [0.15, 0.2) is 70.2 Å². The number of benzene rings is 2. The maximum absolute atomic E-state index is 13.1.